The molecule has 6 nitrogen and oxygen atoms in total. The maximum absolute atomic E-state index is 12.5. The van der Waals surface area contributed by atoms with Crippen LogP contribution in [0.15, 0.2) is 41.3 Å². The maximum atomic E-state index is 12.5. The first-order chi connectivity index (χ1) is 13.5. The zero-order valence-corrected chi connectivity index (χ0v) is 17.3. The Bertz CT molecular complexity index is 925. The summed E-state index contributed by atoms with van der Waals surface area (Å²) < 4.78 is 5.17. The van der Waals surface area contributed by atoms with Gasteiger partial charge >= 0.3 is 5.97 Å². The predicted molar refractivity (Wildman–Crippen MR) is 113 cm³/mol. The highest BCUT2D eigenvalue weighted by Crippen LogP contribution is 2.36. The number of hydrogen-bond donors (Lipinski definition) is 1. The number of carbonyl (C=O) groups excluding carboxylic acids is 3. The number of nitrogens with one attached hydrogen (secondary N) is 1. The summed E-state index contributed by atoms with van der Waals surface area (Å²) in [6.45, 7) is 1.82. The molecule has 0 bridgehead atoms. The van der Waals surface area contributed by atoms with Gasteiger partial charge in [0.2, 0.25) is 11.8 Å². The molecule has 28 heavy (non-hydrogen) atoms. The van der Waals surface area contributed by atoms with E-state index in [1.165, 1.54) is 28.0 Å². The van der Waals surface area contributed by atoms with E-state index in [-0.39, 0.29) is 25.0 Å². The Morgan fingerprint density at radius 2 is 2.04 bits per heavy atom. The summed E-state index contributed by atoms with van der Waals surface area (Å²) in [6, 6.07) is 7.06. The minimum atomic E-state index is -0.519. The molecule has 1 aliphatic rings. The van der Waals surface area contributed by atoms with Crippen LogP contribution in [0.3, 0.4) is 0 Å². The SMILES string of the molecule is CCOC(=O)c1c(-c2ccc(Cl)cc2)csc1NC(=O)CN1C=CSCC1=O. The van der Waals surface area contributed by atoms with Crippen molar-refractivity contribution in [1.82, 2.24) is 4.90 Å². The number of ether oxygens (including phenoxy) is 1. The molecule has 146 valence electrons. The van der Waals surface area contributed by atoms with Gasteiger partial charge in [0, 0.05) is 22.2 Å². The van der Waals surface area contributed by atoms with Gasteiger partial charge in [-0.05, 0) is 30.0 Å². The number of rotatable bonds is 6. The summed E-state index contributed by atoms with van der Waals surface area (Å²) in [6.07, 6.45) is 1.58. The third-order valence-electron chi connectivity index (χ3n) is 3.86. The summed E-state index contributed by atoms with van der Waals surface area (Å²) in [4.78, 5) is 38.2. The Hall–Kier alpha value is -2.29. The molecule has 2 amide bonds. The van der Waals surface area contributed by atoms with Crippen LogP contribution in [0.25, 0.3) is 11.1 Å². The normalized spacial score (nSPS) is 13.5. The fourth-order valence-electron chi connectivity index (χ4n) is 2.56. The van der Waals surface area contributed by atoms with Crippen molar-refractivity contribution in [1.29, 1.82) is 0 Å². The number of halogens is 1. The lowest BCUT2D eigenvalue weighted by Crippen LogP contribution is -2.36. The third-order valence-corrected chi connectivity index (χ3v) is 5.73. The van der Waals surface area contributed by atoms with Crippen molar-refractivity contribution in [3.8, 4) is 11.1 Å². The quantitative estimate of drug-likeness (QED) is 0.686. The Morgan fingerprint density at radius 3 is 2.71 bits per heavy atom. The molecule has 1 aliphatic heterocycles. The molecule has 0 aliphatic carbocycles. The molecule has 0 spiro atoms. The predicted octanol–water partition coefficient (Wildman–Crippen LogP) is 4.23. The van der Waals surface area contributed by atoms with Gasteiger partial charge in [-0.3, -0.25) is 9.59 Å². The molecule has 1 aromatic carbocycles. The van der Waals surface area contributed by atoms with Crippen molar-refractivity contribution in [2.45, 2.75) is 6.92 Å². The number of thioether (sulfide) groups is 1. The van der Waals surface area contributed by atoms with Gasteiger partial charge in [0.15, 0.2) is 0 Å². The van der Waals surface area contributed by atoms with Crippen LogP contribution in [0.4, 0.5) is 5.00 Å². The van der Waals surface area contributed by atoms with Crippen molar-refractivity contribution in [3.05, 3.63) is 51.8 Å². The van der Waals surface area contributed by atoms with E-state index >= 15 is 0 Å². The van der Waals surface area contributed by atoms with Crippen LogP contribution in [-0.2, 0) is 14.3 Å². The van der Waals surface area contributed by atoms with E-state index in [0.29, 0.717) is 26.9 Å². The standard InChI is InChI=1S/C19H17ClN2O4S2/c1-2-26-19(25)17-14(12-3-5-13(20)6-4-12)10-28-18(17)21-15(23)9-22-7-8-27-11-16(22)24/h3-8,10H,2,9,11H2,1H3,(H,21,23). The van der Waals surface area contributed by atoms with Crippen LogP contribution in [0.2, 0.25) is 5.02 Å². The molecule has 2 heterocycles. The Balaban J connectivity index is 1.85. The lowest BCUT2D eigenvalue weighted by molar-refractivity contribution is -0.129. The molecule has 0 saturated carbocycles. The molecule has 2 aromatic rings. The summed E-state index contributed by atoms with van der Waals surface area (Å²) in [5.41, 5.74) is 1.73. The number of anilines is 1. The van der Waals surface area contributed by atoms with Crippen LogP contribution < -0.4 is 5.32 Å². The number of thiophene rings is 1. The van der Waals surface area contributed by atoms with Crippen molar-refractivity contribution in [2.24, 2.45) is 0 Å². The number of hydrogen-bond acceptors (Lipinski definition) is 6. The fourth-order valence-corrected chi connectivity index (χ4v) is 4.30. The largest absolute Gasteiger partial charge is 0.462 e. The topological polar surface area (TPSA) is 75.7 Å². The zero-order valence-electron chi connectivity index (χ0n) is 14.9. The van der Waals surface area contributed by atoms with Crippen LogP contribution in [0.1, 0.15) is 17.3 Å². The second-order valence-corrected chi connectivity index (χ2v) is 7.96. The van der Waals surface area contributed by atoms with Crippen LogP contribution in [0, 0.1) is 0 Å². The van der Waals surface area contributed by atoms with E-state index < -0.39 is 5.97 Å². The van der Waals surface area contributed by atoms with Gasteiger partial charge in [-0.15, -0.1) is 23.1 Å². The second kappa shape index (κ2) is 9.27. The minimum Gasteiger partial charge on any atom is -0.462 e. The fraction of sp³-hybridized carbons (Fsp3) is 0.211. The first kappa shape index (κ1) is 20.4. The average Bonchev–Trinajstić information content (AvgIpc) is 3.08. The van der Waals surface area contributed by atoms with Crippen molar-refractivity contribution in [2.75, 3.05) is 24.2 Å². The van der Waals surface area contributed by atoms with E-state index in [2.05, 4.69) is 5.32 Å². The number of amides is 2. The highest BCUT2D eigenvalue weighted by Gasteiger charge is 2.24. The third kappa shape index (κ3) is 4.76. The molecular formula is C19H17ClN2O4S2. The molecule has 0 saturated heterocycles. The van der Waals surface area contributed by atoms with Crippen LogP contribution >= 0.6 is 34.7 Å². The van der Waals surface area contributed by atoms with E-state index in [1.54, 1.807) is 48.2 Å². The molecule has 9 heteroatoms. The van der Waals surface area contributed by atoms with Gasteiger partial charge < -0.3 is 15.0 Å². The van der Waals surface area contributed by atoms with Gasteiger partial charge in [-0.1, -0.05) is 23.7 Å². The van der Waals surface area contributed by atoms with E-state index in [0.717, 1.165) is 5.56 Å². The maximum Gasteiger partial charge on any atom is 0.341 e. The molecule has 3 rings (SSSR count). The number of benzene rings is 1. The van der Waals surface area contributed by atoms with E-state index in [9.17, 15) is 14.4 Å². The molecule has 0 atom stereocenters. The van der Waals surface area contributed by atoms with Gasteiger partial charge in [0.1, 0.15) is 17.1 Å². The summed E-state index contributed by atoms with van der Waals surface area (Å²) in [5, 5.41) is 7.26. The lowest BCUT2D eigenvalue weighted by Gasteiger charge is -2.20. The monoisotopic (exact) mass is 436 g/mol. The van der Waals surface area contributed by atoms with Crippen LogP contribution in [0.5, 0.6) is 0 Å². The smallest absolute Gasteiger partial charge is 0.341 e. The number of carbonyl (C=O) groups is 3. The number of nitrogens with zero attached hydrogens (tertiary/aromatic N) is 1. The van der Waals surface area contributed by atoms with Gasteiger partial charge in [0.05, 0.1) is 12.4 Å². The van der Waals surface area contributed by atoms with Gasteiger partial charge in [-0.25, -0.2) is 4.79 Å². The summed E-state index contributed by atoms with van der Waals surface area (Å²) >= 11 is 8.55. The first-order valence-electron chi connectivity index (χ1n) is 8.41. The minimum absolute atomic E-state index is 0.119. The van der Waals surface area contributed by atoms with Gasteiger partial charge in [-0.2, -0.15) is 0 Å². The molecule has 1 N–H and O–H groups in total. The second-order valence-electron chi connectivity index (χ2n) is 5.75. The van der Waals surface area contributed by atoms with Crippen molar-refractivity contribution in [3.63, 3.8) is 0 Å². The van der Waals surface area contributed by atoms with Crippen molar-refractivity contribution >= 4 is 57.5 Å². The van der Waals surface area contributed by atoms with Gasteiger partial charge in [0.25, 0.3) is 0 Å². The lowest BCUT2D eigenvalue weighted by atomic mass is 10.0. The molecule has 0 unspecified atom stereocenters. The molecule has 1 aromatic heterocycles. The van der Waals surface area contributed by atoms with Crippen LogP contribution in [-0.4, -0.2) is 41.6 Å². The highest BCUT2D eigenvalue weighted by molar-refractivity contribution is 8.02. The molecule has 0 fully saturated rings. The zero-order chi connectivity index (χ0) is 20.1. The van der Waals surface area contributed by atoms with Crippen molar-refractivity contribution < 1.29 is 19.1 Å². The summed E-state index contributed by atoms with van der Waals surface area (Å²) in [7, 11) is 0. The molecule has 0 radical (unpaired) electrons. The molecular weight excluding hydrogens is 420 g/mol. The summed E-state index contributed by atoms with van der Waals surface area (Å²) in [5.74, 6) is -0.743. The Labute approximate surface area is 175 Å². The average molecular weight is 437 g/mol. The number of esters is 1. The Kier molecular flexibility index (Phi) is 6.77. The first-order valence-corrected chi connectivity index (χ1v) is 10.7. The highest BCUT2D eigenvalue weighted by atomic mass is 35.5. The van der Waals surface area contributed by atoms with E-state index in [1.807, 2.05) is 0 Å². The Morgan fingerprint density at radius 1 is 1.29 bits per heavy atom. The van der Waals surface area contributed by atoms with E-state index in [4.69, 9.17) is 16.3 Å².